The van der Waals surface area contributed by atoms with Gasteiger partial charge in [0, 0.05) is 0 Å². The highest BCUT2D eigenvalue weighted by molar-refractivity contribution is 5.99. The Morgan fingerprint density at radius 2 is 1.86 bits per heavy atom. The highest BCUT2D eigenvalue weighted by atomic mass is 16.5. The summed E-state index contributed by atoms with van der Waals surface area (Å²) >= 11 is 0. The lowest BCUT2D eigenvalue weighted by Gasteiger charge is -2.33. The molecule has 0 radical (unpaired) electrons. The van der Waals surface area contributed by atoms with Crippen molar-refractivity contribution in [3.8, 4) is 11.5 Å². The van der Waals surface area contributed by atoms with E-state index in [1.807, 2.05) is 48.5 Å². The van der Waals surface area contributed by atoms with Crippen LogP contribution in [0.2, 0.25) is 0 Å². The highest BCUT2D eigenvalue weighted by Gasteiger charge is 2.31. The molecule has 4 heteroatoms. The van der Waals surface area contributed by atoms with Gasteiger partial charge in [-0.15, -0.1) is 0 Å². The van der Waals surface area contributed by atoms with E-state index in [9.17, 15) is 4.79 Å². The van der Waals surface area contributed by atoms with Gasteiger partial charge in [-0.25, -0.2) is 0 Å². The van der Waals surface area contributed by atoms with Gasteiger partial charge >= 0.3 is 0 Å². The van der Waals surface area contributed by atoms with Gasteiger partial charge in [-0.05, 0) is 36.8 Å². The molecular weight excluding hydrogens is 266 g/mol. The Bertz CT molecular complexity index is 651. The quantitative estimate of drug-likeness (QED) is 0.869. The number of carbonyl (C=O) groups is 1. The minimum Gasteiger partial charge on any atom is -0.497 e. The van der Waals surface area contributed by atoms with Crippen LogP contribution in [0.5, 0.6) is 11.5 Å². The van der Waals surface area contributed by atoms with Crippen molar-refractivity contribution < 1.29 is 14.3 Å². The molecule has 0 bridgehead atoms. The van der Waals surface area contributed by atoms with Gasteiger partial charge in [-0.3, -0.25) is 4.79 Å². The summed E-state index contributed by atoms with van der Waals surface area (Å²) in [7, 11) is 1.64. The molecular formula is C17H17NO3. The minimum absolute atomic E-state index is 0.0236. The number of para-hydroxylation sites is 2. The number of nitrogens with zero attached hydrogens (tertiary/aromatic N) is 1. The Kier molecular flexibility index (Phi) is 3.52. The molecule has 0 N–H and O–H groups in total. The number of anilines is 1. The molecule has 0 fully saturated rings. The largest absolute Gasteiger partial charge is 0.497 e. The number of benzene rings is 2. The fourth-order valence-corrected chi connectivity index (χ4v) is 2.44. The van der Waals surface area contributed by atoms with E-state index in [-0.39, 0.29) is 5.91 Å². The van der Waals surface area contributed by atoms with E-state index in [0.717, 1.165) is 22.7 Å². The lowest BCUT2D eigenvalue weighted by molar-refractivity contribution is -0.125. The van der Waals surface area contributed by atoms with Crippen LogP contribution in [0.3, 0.4) is 0 Å². The van der Waals surface area contributed by atoms with E-state index >= 15 is 0 Å². The number of amides is 1. The van der Waals surface area contributed by atoms with Gasteiger partial charge in [0.2, 0.25) is 0 Å². The van der Waals surface area contributed by atoms with Crippen molar-refractivity contribution >= 4 is 11.6 Å². The zero-order chi connectivity index (χ0) is 14.8. The third-order valence-electron chi connectivity index (χ3n) is 3.57. The van der Waals surface area contributed by atoms with Crippen LogP contribution in [0.4, 0.5) is 5.69 Å². The SMILES string of the molecule is COc1ccc(CN2C(=O)[C@H](C)Oc3ccccc32)cc1. The number of hydrogen-bond acceptors (Lipinski definition) is 3. The topological polar surface area (TPSA) is 38.8 Å². The van der Waals surface area contributed by atoms with Crippen LogP contribution >= 0.6 is 0 Å². The number of hydrogen-bond donors (Lipinski definition) is 0. The summed E-state index contributed by atoms with van der Waals surface area (Å²) in [6, 6.07) is 15.3. The second-order valence-electron chi connectivity index (χ2n) is 5.00. The summed E-state index contributed by atoms with van der Waals surface area (Å²) in [4.78, 5) is 14.2. The first-order valence-corrected chi connectivity index (χ1v) is 6.89. The van der Waals surface area contributed by atoms with E-state index < -0.39 is 6.10 Å². The van der Waals surface area contributed by atoms with Gasteiger partial charge in [0.1, 0.15) is 11.5 Å². The second-order valence-corrected chi connectivity index (χ2v) is 5.00. The lowest BCUT2D eigenvalue weighted by Crippen LogP contribution is -2.43. The average Bonchev–Trinajstić information content (AvgIpc) is 2.52. The molecule has 1 amide bonds. The number of carbonyl (C=O) groups excluding carboxylic acids is 1. The molecule has 4 nitrogen and oxygen atoms in total. The molecule has 1 atom stereocenters. The van der Waals surface area contributed by atoms with Crippen LogP contribution < -0.4 is 14.4 Å². The smallest absolute Gasteiger partial charge is 0.268 e. The first kappa shape index (κ1) is 13.5. The van der Waals surface area contributed by atoms with Crippen LogP contribution in [-0.2, 0) is 11.3 Å². The van der Waals surface area contributed by atoms with Crippen LogP contribution in [0, 0.1) is 0 Å². The molecule has 0 saturated carbocycles. The second kappa shape index (κ2) is 5.48. The summed E-state index contributed by atoms with van der Waals surface area (Å²) < 4.78 is 10.8. The Balaban J connectivity index is 1.90. The van der Waals surface area contributed by atoms with Crippen LogP contribution in [0.1, 0.15) is 12.5 Å². The number of ether oxygens (including phenoxy) is 2. The standard InChI is InChI=1S/C17H17NO3/c1-12-17(19)18(15-5-3-4-6-16(15)21-12)11-13-7-9-14(20-2)10-8-13/h3-10,12H,11H2,1-2H3/t12-/m0/s1. The molecule has 108 valence electrons. The van der Waals surface area contributed by atoms with Crippen molar-refractivity contribution in [3.63, 3.8) is 0 Å². The first-order valence-electron chi connectivity index (χ1n) is 6.89. The number of methoxy groups -OCH3 is 1. The maximum atomic E-state index is 12.4. The van der Waals surface area contributed by atoms with E-state index in [4.69, 9.17) is 9.47 Å². The molecule has 2 aromatic carbocycles. The molecule has 0 aliphatic carbocycles. The van der Waals surface area contributed by atoms with Crippen LogP contribution in [0.15, 0.2) is 48.5 Å². The Morgan fingerprint density at radius 1 is 1.14 bits per heavy atom. The Hall–Kier alpha value is -2.49. The van der Waals surface area contributed by atoms with Gasteiger partial charge in [-0.1, -0.05) is 24.3 Å². The molecule has 1 aliphatic rings. The number of fused-ring (bicyclic) bond motifs is 1. The third-order valence-corrected chi connectivity index (χ3v) is 3.57. The predicted octanol–water partition coefficient (Wildman–Crippen LogP) is 3.01. The van der Waals surface area contributed by atoms with Gasteiger partial charge < -0.3 is 14.4 Å². The Morgan fingerprint density at radius 3 is 2.57 bits per heavy atom. The maximum absolute atomic E-state index is 12.4. The van der Waals surface area contributed by atoms with E-state index in [1.54, 1.807) is 18.9 Å². The lowest BCUT2D eigenvalue weighted by atomic mass is 10.1. The molecule has 21 heavy (non-hydrogen) atoms. The van der Waals surface area contributed by atoms with E-state index in [0.29, 0.717) is 6.54 Å². The van der Waals surface area contributed by atoms with Crippen LogP contribution in [0.25, 0.3) is 0 Å². The normalized spacial score (nSPS) is 17.1. The van der Waals surface area contributed by atoms with Gasteiger partial charge in [-0.2, -0.15) is 0 Å². The van der Waals surface area contributed by atoms with E-state index in [1.165, 1.54) is 0 Å². The molecule has 0 saturated heterocycles. The third kappa shape index (κ3) is 2.57. The summed E-state index contributed by atoms with van der Waals surface area (Å²) in [5.74, 6) is 1.53. The molecule has 3 rings (SSSR count). The van der Waals surface area contributed by atoms with Crippen molar-refractivity contribution in [1.29, 1.82) is 0 Å². The molecule has 0 aromatic heterocycles. The maximum Gasteiger partial charge on any atom is 0.268 e. The van der Waals surface area contributed by atoms with Gasteiger partial charge in [0.15, 0.2) is 6.10 Å². The van der Waals surface area contributed by atoms with Crippen molar-refractivity contribution in [2.75, 3.05) is 12.0 Å². The van der Waals surface area contributed by atoms with Gasteiger partial charge in [0.25, 0.3) is 5.91 Å². The summed E-state index contributed by atoms with van der Waals surface area (Å²) in [5.41, 5.74) is 1.87. The zero-order valence-corrected chi connectivity index (χ0v) is 12.1. The van der Waals surface area contributed by atoms with Crippen LogP contribution in [-0.4, -0.2) is 19.1 Å². The Labute approximate surface area is 123 Å². The minimum atomic E-state index is -0.460. The van der Waals surface area contributed by atoms with Gasteiger partial charge in [0.05, 0.1) is 19.3 Å². The fourth-order valence-electron chi connectivity index (χ4n) is 2.44. The highest BCUT2D eigenvalue weighted by Crippen LogP contribution is 2.34. The average molecular weight is 283 g/mol. The monoisotopic (exact) mass is 283 g/mol. The van der Waals surface area contributed by atoms with Crippen molar-refractivity contribution in [3.05, 3.63) is 54.1 Å². The molecule has 1 aliphatic heterocycles. The number of rotatable bonds is 3. The fraction of sp³-hybridized carbons (Fsp3) is 0.235. The summed E-state index contributed by atoms with van der Waals surface area (Å²) in [5, 5.41) is 0. The molecule has 0 spiro atoms. The van der Waals surface area contributed by atoms with Crippen molar-refractivity contribution in [1.82, 2.24) is 0 Å². The first-order chi connectivity index (χ1) is 10.2. The van der Waals surface area contributed by atoms with Crippen molar-refractivity contribution in [2.24, 2.45) is 0 Å². The summed E-state index contributed by atoms with van der Waals surface area (Å²) in [6.45, 7) is 2.30. The predicted molar refractivity (Wildman–Crippen MR) is 80.7 cm³/mol. The van der Waals surface area contributed by atoms with E-state index in [2.05, 4.69) is 0 Å². The molecule has 1 heterocycles. The molecule has 2 aromatic rings. The molecule has 0 unspecified atom stereocenters. The van der Waals surface area contributed by atoms with Crippen molar-refractivity contribution in [2.45, 2.75) is 19.6 Å². The summed E-state index contributed by atoms with van der Waals surface area (Å²) in [6.07, 6.45) is -0.460. The zero-order valence-electron chi connectivity index (χ0n) is 12.1.